The quantitative estimate of drug-likeness (QED) is 0.234. The Morgan fingerprint density at radius 2 is 1.43 bits per heavy atom. The number of methoxy groups -OCH3 is 1. The van der Waals surface area contributed by atoms with E-state index in [1.807, 2.05) is 13.8 Å². The first kappa shape index (κ1) is 30.8. The molecule has 0 amide bonds. The van der Waals surface area contributed by atoms with Crippen molar-refractivity contribution >= 4 is 63.9 Å². The maximum atomic E-state index is 12.0. The van der Waals surface area contributed by atoms with E-state index in [2.05, 4.69) is 6.58 Å². The summed E-state index contributed by atoms with van der Waals surface area (Å²) in [4.78, 5) is 34.3. The van der Waals surface area contributed by atoms with Crippen LogP contribution < -0.4 is 9.47 Å². The number of aliphatic carboxylic acids is 1. The van der Waals surface area contributed by atoms with Gasteiger partial charge < -0.3 is 14.6 Å². The molecule has 0 fully saturated rings. The number of hydrogen-bond acceptors (Lipinski definition) is 5. The highest BCUT2D eigenvalue weighted by molar-refractivity contribution is 6.45. The van der Waals surface area contributed by atoms with E-state index in [4.69, 9.17) is 61.0 Å². The summed E-state index contributed by atoms with van der Waals surface area (Å²) in [6, 6.07) is 6.16. The maximum Gasteiger partial charge on any atom is 0.341 e. The van der Waals surface area contributed by atoms with Gasteiger partial charge in [0.05, 0.1) is 17.2 Å². The van der Waals surface area contributed by atoms with E-state index < -0.39 is 12.6 Å². The molecular weight excluding hydrogens is 538 g/mol. The zero-order chi connectivity index (χ0) is 26.9. The second-order valence-corrected chi connectivity index (χ2v) is 8.84. The summed E-state index contributed by atoms with van der Waals surface area (Å²) in [6.45, 7) is 8.73. The normalized spacial score (nSPS) is 11.1. The number of allylic oxidation sites excluding steroid dienone is 1. The van der Waals surface area contributed by atoms with E-state index in [9.17, 15) is 14.4 Å². The monoisotopic (exact) mass is 562 g/mol. The van der Waals surface area contributed by atoms with Crippen molar-refractivity contribution in [3.05, 3.63) is 67.6 Å². The van der Waals surface area contributed by atoms with Crippen LogP contribution in [0, 0.1) is 5.92 Å². The van der Waals surface area contributed by atoms with Gasteiger partial charge in [-0.1, -0.05) is 73.8 Å². The highest BCUT2D eigenvalue weighted by Crippen LogP contribution is 2.36. The number of carbonyl (C=O) groups excluding carboxylic acids is 2. The van der Waals surface area contributed by atoms with Crippen LogP contribution in [0.4, 0.5) is 0 Å². The van der Waals surface area contributed by atoms with Crippen molar-refractivity contribution in [1.82, 2.24) is 0 Å². The molecule has 190 valence electrons. The number of carbonyl (C=O) groups is 3. The van der Waals surface area contributed by atoms with Crippen LogP contribution in [-0.2, 0) is 4.79 Å². The Morgan fingerprint density at radius 3 is 1.94 bits per heavy atom. The molecule has 1 atom stereocenters. The van der Waals surface area contributed by atoms with Crippen LogP contribution in [0.25, 0.3) is 0 Å². The zero-order valence-electron chi connectivity index (χ0n) is 19.7. The molecule has 0 heterocycles. The Bertz CT molecular complexity index is 1110. The molecule has 1 unspecified atom stereocenters. The summed E-state index contributed by atoms with van der Waals surface area (Å²) >= 11 is 24.0. The predicted molar refractivity (Wildman–Crippen MR) is 140 cm³/mol. The SMILES string of the molecule is C=C(CC)C(=O)c1ccc(OC)c(Cl)c1Cl.CCC(C)C(=O)c1ccc(OCC(=O)O)c(Cl)c1Cl. The highest BCUT2D eigenvalue weighted by Gasteiger charge is 2.20. The molecule has 0 saturated heterocycles. The molecule has 0 saturated carbocycles. The lowest BCUT2D eigenvalue weighted by Gasteiger charge is -2.12. The summed E-state index contributed by atoms with van der Waals surface area (Å²) in [5, 5.41) is 9.13. The number of halogens is 4. The lowest BCUT2D eigenvalue weighted by atomic mass is 9.97. The third kappa shape index (κ3) is 8.14. The van der Waals surface area contributed by atoms with Crippen LogP contribution in [0.1, 0.15) is 54.3 Å². The molecule has 10 heteroatoms. The molecule has 1 N–H and O–H groups in total. The zero-order valence-corrected chi connectivity index (χ0v) is 22.7. The molecule has 0 spiro atoms. The van der Waals surface area contributed by atoms with Crippen LogP contribution in [-0.4, -0.2) is 36.4 Å². The third-order valence-corrected chi connectivity index (χ3v) is 6.71. The fraction of sp³-hybridized carbons (Fsp3) is 0.320. The van der Waals surface area contributed by atoms with E-state index in [1.54, 1.807) is 19.1 Å². The topological polar surface area (TPSA) is 89.9 Å². The van der Waals surface area contributed by atoms with E-state index in [1.165, 1.54) is 19.2 Å². The smallest absolute Gasteiger partial charge is 0.341 e. The van der Waals surface area contributed by atoms with Gasteiger partial charge in [-0.05, 0) is 42.7 Å². The summed E-state index contributed by atoms with van der Waals surface area (Å²) in [6.07, 6.45) is 1.28. The van der Waals surface area contributed by atoms with Gasteiger partial charge in [0.25, 0.3) is 0 Å². The number of carboxylic acid groups (broad SMARTS) is 1. The van der Waals surface area contributed by atoms with Gasteiger partial charge in [0.15, 0.2) is 18.2 Å². The Kier molecular flexibility index (Phi) is 12.6. The van der Waals surface area contributed by atoms with Crippen molar-refractivity contribution in [1.29, 1.82) is 0 Å². The van der Waals surface area contributed by atoms with Crippen LogP contribution in [0.5, 0.6) is 11.5 Å². The average molecular weight is 564 g/mol. The first-order valence-electron chi connectivity index (χ1n) is 10.5. The Balaban J connectivity index is 0.000000355. The largest absolute Gasteiger partial charge is 0.495 e. The van der Waals surface area contributed by atoms with Crippen LogP contribution in [0.2, 0.25) is 20.1 Å². The molecule has 0 aliphatic carbocycles. The fourth-order valence-corrected chi connectivity index (χ4v) is 3.59. The van der Waals surface area contributed by atoms with Gasteiger partial charge in [-0.3, -0.25) is 9.59 Å². The molecule has 0 aliphatic heterocycles. The van der Waals surface area contributed by atoms with Gasteiger partial charge in [-0.2, -0.15) is 0 Å². The minimum absolute atomic E-state index is 0.0528. The summed E-state index contributed by atoms with van der Waals surface area (Å²) in [5.74, 6) is -0.956. The van der Waals surface area contributed by atoms with Gasteiger partial charge in [-0.25, -0.2) is 4.79 Å². The highest BCUT2D eigenvalue weighted by atomic mass is 35.5. The van der Waals surface area contributed by atoms with E-state index in [-0.39, 0.29) is 43.3 Å². The molecule has 6 nitrogen and oxygen atoms in total. The van der Waals surface area contributed by atoms with Crippen LogP contribution in [0.3, 0.4) is 0 Å². The molecule has 0 aliphatic rings. The number of ketones is 2. The summed E-state index contributed by atoms with van der Waals surface area (Å²) in [7, 11) is 1.49. The predicted octanol–water partition coefficient (Wildman–Crippen LogP) is 7.84. The number of benzene rings is 2. The molecular formula is C25H26Cl4O6. The van der Waals surface area contributed by atoms with Crippen molar-refractivity contribution in [3.8, 4) is 11.5 Å². The Labute approximate surface area is 224 Å². The van der Waals surface area contributed by atoms with Crippen molar-refractivity contribution in [2.75, 3.05) is 13.7 Å². The fourth-order valence-electron chi connectivity index (χ4n) is 2.64. The summed E-state index contributed by atoms with van der Waals surface area (Å²) < 4.78 is 9.97. The minimum atomic E-state index is -1.12. The molecule has 2 aromatic carbocycles. The van der Waals surface area contributed by atoms with Gasteiger partial charge in [0.1, 0.15) is 21.5 Å². The van der Waals surface area contributed by atoms with Crippen molar-refractivity contribution in [2.45, 2.75) is 33.6 Å². The van der Waals surface area contributed by atoms with Gasteiger partial charge in [-0.15, -0.1) is 0 Å². The molecule has 2 rings (SSSR count). The molecule has 0 aromatic heterocycles. The van der Waals surface area contributed by atoms with Crippen molar-refractivity contribution in [3.63, 3.8) is 0 Å². The standard InChI is InChI=1S/C13H14Cl2O4.C12H12Cl2O2/c1-3-7(2)13(18)8-4-5-9(12(15)11(8)14)19-6-10(16)17;1-4-7(2)12(15)8-5-6-9(16-3)11(14)10(8)13/h4-5,7H,3,6H2,1-2H3,(H,16,17);5-6H,2,4H2,1,3H3. The Hall–Kier alpha value is -2.25. The summed E-state index contributed by atoms with van der Waals surface area (Å²) in [5.41, 5.74) is 1.19. The third-order valence-electron chi connectivity index (χ3n) is 4.98. The van der Waals surface area contributed by atoms with Gasteiger partial charge >= 0.3 is 5.97 Å². The average Bonchev–Trinajstić information content (AvgIpc) is 2.85. The van der Waals surface area contributed by atoms with Crippen molar-refractivity contribution < 1.29 is 29.0 Å². The number of carboxylic acids is 1. The Morgan fingerprint density at radius 1 is 0.914 bits per heavy atom. The molecule has 0 bridgehead atoms. The minimum Gasteiger partial charge on any atom is -0.495 e. The molecule has 2 aromatic rings. The second-order valence-electron chi connectivity index (χ2n) is 7.32. The van der Waals surface area contributed by atoms with Gasteiger partial charge in [0, 0.05) is 17.0 Å². The number of ether oxygens (including phenoxy) is 2. The lowest BCUT2D eigenvalue weighted by molar-refractivity contribution is -0.139. The van der Waals surface area contributed by atoms with Gasteiger partial charge in [0.2, 0.25) is 0 Å². The number of rotatable bonds is 10. The first-order chi connectivity index (χ1) is 16.4. The number of hydrogen-bond donors (Lipinski definition) is 1. The first-order valence-corrected chi connectivity index (χ1v) is 12.0. The lowest BCUT2D eigenvalue weighted by Crippen LogP contribution is -2.12. The molecule has 0 radical (unpaired) electrons. The van der Waals surface area contributed by atoms with Crippen LogP contribution in [0.15, 0.2) is 36.4 Å². The molecule has 35 heavy (non-hydrogen) atoms. The second kappa shape index (κ2) is 14.3. The number of Topliss-reactive ketones (excluding diaryl/α,β-unsaturated/α-hetero) is 2. The van der Waals surface area contributed by atoms with E-state index in [0.29, 0.717) is 35.3 Å². The van der Waals surface area contributed by atoms with Crippen LogP contribution >= 0.6 is 46.4 Å². The maximum absolute atomic E-state index is 12.0. The van der Waals surface area contributed by atoms with Crippen molar-refractivity contribution in [2.24, 2.45) is 5.92 Å². The van der Waals surface area contributed by atoms with E-state index in [0.717, 1.165) is 0 Å². The van der Waals surface area contributed by atoms with E-state index >= 15 is 0 Å².